The van der Waals surface area contributed by atoms with Gasteiger partial charge in [0.05, 0.1) is 6.61 Å². The van der Waals surface area contributed by atoms with E-state index in [-0.39, 0.29) is 5.91 Å². The number of nitrogens with zero attached hydrogens (tertiary/aromatic N) is 1. The lowest BCUT2D eigenvalue weighted by atomic mass is 10.0. The molecule has 1 saturated heterocycles. The molecule has 7 heteroatoms. The Morgan fingerprint density at radius 2 is 1.58 bits per heavy atom. The van der Waals surface area contributed by atoms with Crippen molar-refractivity contribution in [2.75, 3.05) is 19.7 Å². The number of nitrogens with one attached hydrogen (secondary N) is 1. The first-order valence-electron chi connectivity index (χ1n) is 10.8. The smallest absolute Gasteiger partial charge is 0.252 e. The Morgan fingerprint density at radius 3 is 2.13 bits per heavy atom. The van der Waals surface area contributed by atoms with Crippen LogP contribution in [-0.4, -0.2) is 40.5 Å². The monoisotopic (exact) mass is 482 g/mol. The van der Waals surface area contributed by atoms with Crippen LogP contribution in [0.25, 0.3) is 11.1 Å². The van der Waals surface area contributed by atoms with Crippen LogP contribution in [-0.2, 0) is 0 Å². The minimum Gasteiger partial charge on any atom is -0.494 e. The normalized spacial score (nSPS) is 16.0. The maximum atomic E-state index is 12.8. The summed E-state index contributed by atoms with van der Waals surface area (Å²) in [5, 5.41) is 2.91. The van der Waals surface area contributed by atoms with Crippen LogP contribution in [0.2, 0.25) is 0 Å². The first-order chi connectivity index (χ1) is 14.9. The molecule has 1 amide bonds. The Hall–Kier alpha value is -1.46. The number of piperidine rings is 1. The van der Waals surface area contributed by atoms with Gasteiger partial charge < -0.3 is 10.1 Å². The number of hydrogen-bond acceptors (Lipinski definition) is 3. The molecule has 0 radical (unpaired) electrons. The molecular formula is C24H29Cl3N2O2. The third-order valence-corrected chi connectivity index (χ3v) is 6.06. The van der Waals surface area contributed by atoms with Crippen molar-refractivity contribution < 1.29 is 9.53 Å². The third kappa shape index (κ3) is 7.01. The van der Waals surface area contributed by atoms with Crippen LogP contribution in [0, 0.1) is 0 Å². The zero-order valence-corrected chi connectivity index (χ0v) is 20.0. The Labute approximate surface area is 199 Å². The number of carbonyl (C=O) groups is 1. The molecule has 1 fully saturated rings. The fourth-order valence-corrected chi connectivity index (χ4v) is 4.23. The molecule has 4 nitrogen and oxygen atoms in total. The molecule has 3 rings (SSSR count). The van der Waals surface area contributed by atoms with Crippen LogP contribution in [0.5, 0.6) is 5.75 Å². The molecule has 168 valence electrons. The summed E-state index contributed by atoms with van der Waals surface area (Å²) in [5.41, 5.74) is 2.60. The number of rotatable bonds is 8. The van der Waals surface area contributed by atoms with Crippen LogP contribution in [0.3, 0.4) is 0 Å². The van der Waals surface area contributed by atoms with Gasteiger partial charge >= 0.3 is 0 Å². The van der Waals surface area contributed by atoms with Gasteiger partial charge in [0, 0.05) is 18.7 Å². The fourth-order valence-electron chi connectivity index (χ4n) is 3.66. The predicted molar refractivity (Wildman–Crippen MR) is 129 cm³/mol. The van der Waals surface area contributed by atoms with E-state index in [0.717, 1.165) is 68.7 Å². The number of hydrogen-bond donors (Lipinski definition) is 1. The lowest BCUT2D eigenvalue weighted by molar-refractivity contribution is 0.0819. The minimum atomic E-state index is -1.60. The van der Waals surface area contributed by atoms with Crippen molar-refractivity contribution in [2.45, 2.75) is 49.0 Å². The predicted octanol–water partition coefficient (Wildman–Crippen LogP) is 6.44. The topological polar surface area (TPSA) is 41.6 Å². The second kappa shape index (κ2) is 11.4. The zero-order chi connectivity index (χ0) is 22.3. The van der Waals surface area contributed by atoms with Gasteiger partial charge in [0.2, 0.25) is 3.79 Å². The van der Waals surface area contributed by atoms with Crippen LogP contribution in [0.4, 0.5) is 0 Å². The molecule has 2 aromatic carbocycles. The molecule has 0 aliphatic carbocycles. The van der Waals surface area contributed by atoms with Crippen molar-refractivity contribution in [2.24, 2.45) is 0 Å². The standard InChI is InChI=1S/C24H29Cl3N2O2/c1-2-3-17-31-21-13-11-19(12-14-21)18-7-9-20(10-8-18)22(30)28-23(24(25,26)27)29-15-5-4-6-16-29/h7-14,23H,2-6,15-17H2,1H3,(H,28,30). The van der Waals surface area contributed by atoms with E-state index in [1.807, 2.05) is 41.3 Å². The lowest BCUT2D eigenvalue weighted by Gasteiger charge is -2.38. The number of alkyl halides is 3. The lowest BCUT2D eigenvalue weighted by Crippen LogP contribution is -2.56. The van der Waals surface area contributed by atoms with E-state index in [1.54, 1.807) is 12.1 Å². The second-order valence-corrected chi connectivity index (χ2v) is 10.2. The van der Waals surface area contributed by atoms with Crippen molar-refractivity contribution in [3.8, 4) is 16.9 Å². The number of benzene rings is 2. The molecule has 0 aromatic heterocycles. The first kappa shape index (κ1) is 24.2. The van der Waals surface area contributed by atoms with Crippen molar-refractivity contribution in [3.05, 3.63) is 54.1 Å². The molecule has 0 bridgehead atoms. The molecule has 1 N–H and O–H groups in total. The summed E-state index contributed by atoms with van der Waals surface area (Å²) in [7, 11) is 0. The second-order valence-electron chi connectivity index (χ2n) is 7.82. The van der Waals surface area contributed by atoms with E-state index in [1.165, 1.54) is 0 Å². The number of likely N-dealkylation sites (tertiary alicyclic amines) is 1. The summed E-state index contributed by atoms with van der Waals surface area (Å²) in [5.74, 6) is 0.608. The Bertz CT molecular complexity index is 829. The van der Waals surface area contributed by atoms with Gasteiger partial charge in [-0.3, -0.25) is 9.69 Å². The molecule has 1 aliphatic heterocycles. The number of amides is 1. The van der Waals surface area contributed by atoms with Gasteiger partial charge in [0.1, 0.15) is 11.9 Å². The zero-order valence-electron chi connectivity index (χ0n) is 17.8. The summed E-state index contributed by atoms with van der Waals surface area (Å²) >= 11 is 18.6. The molecular weight excluding hydrogens is 455 g/mol. The van der Waals surface area contributed by atoms with Gasteiger partial charge in [0.15, 0.2) is 0 Å². The van der Waals surface area contributed by atoms with E-state index in [0.29, 0.717) is 5.56 Å². The summed E-state index contributed by atoms with van der Waals surface area (Å²) in [6.07, 6.45) is 4.71. The molecule has 1 unspecified atom stereocenters. The SMILES string of the molecule is CCCCOc1ccc(-c2ccc(C(=O)NC(N3CCCCC3)C(Cl)(Cl)Cl)cc2)cc1. The Balaban J connectivity index is 1.65. The molecule has 31 heavy (non-hydrogen) atoms. The Kier molecular flexibility index (Phi) is 8.91. The Morgan fingerprint density at radius 1 is 1.00 bits per heavy atom. The van der Waals surface area contributed by atoms with E-state index < -0.39 is 9.96 Å². The number of halogens is 3. The number of ether oxygens (including phenoxy) is 1. The molecule has 1 atom stereocenters. The summed E-state index contributed by atoms with van der Waals surface area (Å²) < 4.78 is 4.11. The van der Waals surface area contributed by atoms with Gasteiger partial charge in [-0.05, 0) is 54.7 Å². The highest BCUT2D eigenvalue weighted by atomic mass is 35.6. The highest BCUT2D eigenvalue weighted by molar-refractivity contribution is 6.68. The van der Waals surface area contributed by atoms with Gasteiger partial charge in [-0.1, -0.05) is 78.8 Å². The van der Waals surface area contributed by atoms with Crippen molar-refractivity contribution in [3.63, 3.8) is 0 Å². The van der Waals surface area contributed by atoms with E-state index in [9.17, 15) is 4.79 Å². The van der Waals surface area contributed by atoms with E-state index in [4.69, 9.17) is 39.5 Å². The number of unbranched alkanes of at least 4 members (excludes halogenated alkanes) is 1. The molecule has 0 spiro atoms. The third-order valence-electron chi connectivity index (χ3n) is 5.44. The molecule has 0 saturated carbocycles. The largest absolute Gasteiger partial charge is 0.494 e. The summed E-state index contributed by atoms with van der Waals surface area (Å²) in [6, 6.07) is 15.4. The molecule has 1 aliphatic rings. The highest BCUT2D eigenvalue weighted by Gasteiger charge is 2.39. The van der Waals surface area contributed by atoms with E-state index >= 15 is 0 Å². The summed E-state index contributed by atoms with van der Waals surface area (Å²) in [6.45, 7) is 4.47. The molecule has 2 aromatic rings. The maximum absolute atomic E-state index is 12.8. The van der Waals surface area contributed by atoms with Gasteiger partial charge in [-0.2, -0.15) is 0 Å². The van der Waals surface area contributed by atoms with Crippen molar-refractivity contribution in [1.29, 1.82) is 0 Å². The first-order valence-corrected chi connectivity index (χ1v) is 12.0. The van der Waals surface area contributed by atoms with Crippen molar-refractivity contribution in [1.82, 2.24) is 10.2 Å². The van der Waals surface area contributed by atoms with Crippen LogP contribution < -0.4 is 10.1 Å². The quantitative estimate of drug-likeness (QED) is 0.347. The van der Waals surface area contributed by atoms with Crippen LogP contribution in [0.15, 0.2) is 48.5 Å². The van der Waals surface area contributed by atoms with Gasteiger partial charge in [-0.15, -0.1) is 0 Å². The van der Waals surface area contributed by atoms with Crippen molar-refractivity contribution >= 4 is 40.7 Å². The van der Waals surface area contributed by atoms with E-state index in [2.05, 4.69) is 12.2 Å². The van der Waals surface area contributed by atoms with Crippen LogP contribution >= 0.6 is 34.8 Å². The van der Waals surface area contributed by atoms with Crippen LogP contribution in [0.1, 0.15) is 49.4 Å². The highest BCUT2D eigenvalue weighted by Crippen LogP contribution is 2.33. The van der Waals surface area contributed by atoms with Gasteiger partial charge in [-0.25, -0.2) is 0 Å². The van der Waals surface area contributed by atoms with Gasteiger partial charge in [0.25, 0.3) is 5.91 Å². The minimum absolute atomic E-state index is 0.256. The molecule has 1 heterocycles. The average molecular weight is 484 g/mol. The number of carbonyl (C=O) groups excluding carboxylic acids is 1. The maximum Gasteiger partial charge on any atom is 0.252 e. The fraction of sp³-hybridized carbons (Fsp3) is 0.458. The summed E-state index contributed by atoms with van der Waals surface area (Å²) in [4.78, 5) is 14.9. The average Bonchev–Trinajstić information content (AvgIpc) is 2.78.